The Balaban J connectivity index is 1.84. The molecule has 1 heterocycles. The molecule has 0 fully saturated rings. The molecule has 1 N–H and O–H groups in total. The Morgan fingerprint density at radius 3 is 2.58 bits per heavy atom. The summed E-state index contributed by atoms with van der Waals surface area (Å²) in [6.45, 7) is 5.00. The lowest BCUT2D eigenvalue weighted by Gasteiger charge is -2.14. The van der Waals surface area contributed by atoms with Crippen molar-refractivity contribution in [3.63, 3.8) is 0 Å². The van der Waals surface area contributed by atoms with Crippen LogP contribution in [0.3, 0.4) is 0 Å². The molecule has 1 atom stereocenters. The lowest BCUT2D eigenvalue weighted by Crippen LogP contribution is -2.27. The molecule has 0 amide bonds. The minimum absolute atomic E-state index is 0.406. The van der Waals surface area contributed by atoms with Crippen molar-refractivity contribution in [2.75, 3.05) is 0 Å². The number of hydrogen-bond donors (Lipinski definition) is 1. The van der Waals surface area contributed by atoms with E-state index in [1.165, 1.54) is 5.56 Å². The zero-order valence-electron chi connectivity index (χ0n) is 11.4. The van der Waals surface area contributed by atoms with Crippen LogP contribution in [0.1, 0.15) is 23.9 Å². The zero-order chi connectivity index (χ0) is 13.7. The normalized spacial score (nSPS) is 12.4. The fourth-order valence-electron chi connectivity index (χ4n) is 2.02. The topological polar surface area (TPSA) is 24.9 Å². The largest absolute Gasteiger partial charge is 0.308 e. The van der Waals surface area contributed by atoms with Gasteiger partial charge in [-0.3, -0.25) is 4.98 Å². The maximum Gasteiger partial charge on any atom is 0.0544 e. The van der Waals surface area contributed by atoms with Crippen LogP contribution in [0.4, 0.5) is 0 Å². The first-order chi connectivity index (χ1) is 9.13. The van der Waals surface area contributed by atoms with Crippen LogP contribution in [0.25, 0.3) is 0 Å². The first-order valence-corrected chi connectivity index (χ1v) is 6.91. The van der Waals surface area contributed by atoms with E-state index in [0.717, 1.165) is 29.4 Å². The van der Waals surface area contributed by atoms with Crippen molar-refractivity contribution in [3.05, 3.63) is 64.4 Å². The van der Waals surface area contributed by atoms with Crippen LogP contribution in [0, 0.1) is 6.92 Å². The van der Waals surface area contributed by atoms with Gasteiger partial charge in [0.1, 0.15) is 0 Å². The summed E-state index contributed by atoms with van der Waals surface area (Å²) >= 11 is 5.88. The zero-order valence-corrected chi connectivity index (χ0v) is 12.1. The lowest BCUT2D eigenvalue weighted by atomic mass is 10.1. The van der Waals surface area contributed by atoms with Crippen LogP contribution >= 0.6 is 11.6 Å². The highest BCUT2D eigenvalue weighted by atomic mass is 35.5. The van der Waals surface area contributed by atoms with Crippen LogP contribution in [-0.4, -0.2) is 11.0 Å². The van der Waals surface area contributed by atoms with Crippen molar-refractivity contribution < 1.29 is 0 Å². The van der Waals surface area contributed by atoms with Crippen molar-refractivity contribution in [2.24, 2.45) is 0 Å². The van der Waals surface area contributed by atoms with Gasteiger partial charge in [-0.25, -0.2) is 0 Å². The van der Waals surface area contributed by atoms with E-state index in [4.69, 9.17) is 11.6 Å². The summed E-state index contributed by atoms with van der Waals surface area (Å²) in [5, 5.41) is 4.28. The standard InChI is InChI=1S/C16H19ClN2/c1-12-4-3-5-16(19-12)11-18-13(2)10-14-6-8-15(17)9-7-14/h3-9,13,18H,10-11H2,1-2H3. The number of nitrogens with zero attached hydrogens (tertiary/aromatic N) is 1. The van der Waals surface area contributed by atoms with Crippen molar-refractivity contribution in [1.29, 1.82) is 0 Å². The molecule has 1 aromatic heterocycles. The number of nitrogens with one attached hydrogen (secondary N) is 1. The lowest BCUT2D eigenvalue weighted by molar-refractivity contribution is 0.539. The molecule has 3 heteroatoms. The summed E-state index contributed by atoms with van der Waals surface area (Å²) in [5.74, 6) is 0. The number of rotatable bonds is 5. The third kappa shape index (κ3) is 4.66. The Morgan fingerprint density at radius 1 is 1.16 bits per heavy atom. The monoisotopic (exact) mass is 274 g/mol. The van der Waals surface area contributed by atoms with Crippen LogP contribution in [0.15, 0.2) is 42.5 Å². The molecule has 0 aliphatic carbocycles. The Hall–Kier alpha value is -1.38. The highest BCUT2D eigenvalue weighted by Crippen LogP contribution is 2.11. The van der Waals surface area contributed by atoms with Gasteiger partial charge in [0.05, 0.1) is 5.69 Å². The quantitative estimate of drug-likeness (QED) is 0.898. The first kappa shape index (κ1) is 14.0. The summed E-state index contributed by atoms with van der Waals surface area (Å²) < 4.78 is 0. The summed E-state index contributed by atoms with van der Waals surface area (Å²) in [5.41, 5.74) is 3.44. The third-order valence-electron chi connectivity index (χ3n) is 3.03. The van der Waals surface area contributed by atoms with Crippen molar-refractivity contribution >= 4 is 11.6 Å². The van der Waals surface area contributed by atoms with Gasteiger partial charge in [-0.15, -0.1) is 0 Å². The summed E-state index contributed by atoms with van der Waals surface area (Å²) in [6, 6.07) is 14.5. The maximum atomic E-state index is 5.88. The summed E-state index contributed by atoms with van der Waals surface area (Å²) in [4.78, 5) is 4.48. The molecule has 0 bridgehead atoms. The number of halogens is 1. The second-order valence-corrected chi connectivity index (χ2v) is 5.32. The predicted octanol–water partition coefficient (Wildman–Crippen LogP) is 3.76. The van der Waals surface area contributed by atoms with Crippen LogP contribution in [0.2, 0.25) is 5.02 Å². The van der Waals surface area contributed by atoms with Crippen molar-refractivity contribution in [3.8, 4) is 0 Å². The average molecular weight is 275 g/mol. The van der Waals surface area contributed by atoms with Gasteiger partial charge in [0.2, 0.25) is 0 Å². The molecule has 2 nitrogen and oxygen atoms in total. The highest BCUT2D eigenvalue weighted by Gasteiger charge is 2.04. The van der Waals surface area contributed by atoms with Gasteiger partial charge in [0, 0.05) is 23.3 Å². The van der Waals surface area contributed by atoms with Gasteiger partial charge in [-0.1, -0.05) is 29.8 Å². The maximum absolute atomic E-state index is 5.88. The Labute approximate surface area is 119 Å². The molecule has 0 radical (unpaired) electrons. The Morgan fingerprint density at radius 2 is 1.89 bits per heavy atom. The van der Waals surface area contributed by atoms with E-state index < -0.39 is 0 Å². The highest BCUT2D eigenvalue weighted by molar-refractivity contribution is 6.30. The molecule has 0 aliphatic rings. The van der Waals surface area contributed by atoms with Crippen molar-refractivity contribution in [2.45, 2.75) is 32.9 Å². The van der Waals surface area contributed by atoms with Gasteiger partial charge < -0.3 is 5.32 Å². The van der Waals surface area contributed by atoms with Gasteiger partial charge in [0.15, 0.2) is 0 Å². The molecule has 0 saturated heterocycles. The molecule has 2 aromatic rings. The fraction of sp³-hybridized carbons (Fsp3) is 0.312. The Bertz CT molecular complexity index is 523. The first-order valence-electron chi connectivity index (χ1n) is 6.54. The smallest absolute Gasteiger partial charge is 0.0544 e. The second kappa shape index (κ2) is 6.69. The molecule has 1 unspecified atom stereocenters. The molecular weight excluding hydrogens is 256 g/mol. The van der Waals surface area contributed by atoms with E-state index in [9.17, 15) is 0 Å². The van der Waals surface area contributed by atoms with Gasteiger partial charge in [0.25, 0.3) is 0 Å². The number of aryl methyl sites for hydroxylation is 1. The number of benzene rings is 1. The molecule has 2 rings (SSSR count). The molecule has 100 valence electrons. The van der Waals surface area contributed by atoms with Gasteiger partial charge >= 0.3 is 0 Å². The van der Waals surface area contributed by atoms with Crippen LogP contribution in [-0.2, 0) is 13.0 Å². The van der Waals surface area contributed by atoms with E-state index in [0.29, 0.717) is 6.04 Å². The molecule has 1 aromatic carbocycles. The Kier molecular flexibility index (Phi) is 4.94. The van der Waals surface area contributed by atoms with Crippen LogP contribution in [0.5, 0.6) is 0 Å². The minimum Gasteiger partial charge on any atom is -0.308 e. The summed E-state index contributed by atoms with van der Waals surface area (Å²) in [7, 11) is 0. The molecular formula is C16H19ClN2. The number of pyridine rings is 1. The molecule has 19 heavy (non-hydrogen) atoms. The minimum atomic E-state index is 0.406. The average Bonchev–Trinajstić information content (AvgIpc) is 2.39. The fourth-order valence-corrected chi connectivity index (χ4v) is 2.15. The van der Waals surface area contributed by atoms with E-state index in [1.807, 2.05) is 31.2 Å². The predicted molar refractivity (Wildman–Crippen MR) is 80.4 cm³/mol. The molecule has 0 aliphatic heterocycles. The molecule has 0 saturated carbocycles. The molecule has 0 spiro atoms. The van der Waals surface area contributed by atoms with E-state index in [2.05, 4.69) is 35.4 Å². The second-order valence-electron chi connectivity index (χ2n) is 4.88. The number of aromatic nitrogens is 1. The third-order valence-corrected chi connectivity index (χ3v) is 3.28. The van der Waals surface area contributed by atoms with Gasteiger partial charge in [-0.2, -0.15) is 0 Å². The van der Waals surface area contributed by atoms with Crippen LogP contribution < -0.4 is 5.32 Å². The summed E-state index contributed by atoms with van der Waals surface area (Å²) in [6.07, 6.45) is 0.989. The van der Waals surface area contributed by atoms with Crippen molar-refractivity contribution in [1.82, 2.24) is 10.3 Å². The van der Waals surface area contributed by atoms with E-state index in [-0.39, 0.29) is 0 Å². The number of hydrogen-bond acceptors (Lipinski definition) is 2. The van der Waals surface area contributed by atoms with Gasteiger partial charge in [-0.05, 0) is 50.1 Å². The van der Waals surface area contributed by atoms with E-state index >= 15 is 0 Å². The van der Waals surface area contributed by atoms with E-state index in [1.54, 1.807) is 0 Å². The SMILES string of the molecule is Cc1cccc(CNC(C)Cc2ccc(Cl)cc2)n1.